The molecule has 0 unspecified atom stereocenters. The summed E-state index contributed by atoms with van der Waals surface area (Å²) >= 11 is 0. The van der Waals surface area contributed by atoms with Crippen molar-refractivity contribution in [2.75, 3.05) is 0 Å². The van der Waals surface area contributed by atoms with Crippen LogP contribution in [0.4, 0.5) is 0 Å². The number of hydrogen-bond donors (Lipinski definition) is 0. The Bertz CT molecular complexity index is 12.5. The van der Waals surface area contributed by atoms with Gasteiger partial charge in [0.1, 0.15) is 0 Å². The average Bonchev–Trinajstić information content (AvgIpc) is 0. The molecule has 12 radical (unpaired) electrons. The van der Waals surface area contributed by atoms with Crippen molar-refractivity contribution >= 4 is 146 Å². The maximum atomic E-state index is 0. The van der Waals surface area contributed by atoms with Gasteiger partial charge in [-0.3, -0.25) is 0 Å². The molecule has 0 rings (SSSR count). The van der Waals surface area contributed by atoms with E-state index in [1.54, 1.807) is 0 Å². The van der Waals surface area contributed by atoms with E-state index in [1.807, 2.05) is 0 Å². The fourth-order valence-electron chi connectivity index (χ4n) is 0. The topological polar surface area (TPSA) is 61.0 Å². The predicted octanol–water partition coefficient (Wildman–Crippen LogP) is -1.71. The average molecular weight is 233 g/mol. The van der Waals surface area contributed by atoms with E-state index in [0.717, 1.165) is 0 Å². The molecule has 0 saturated heterocycles. The third-order valence-corrected chi connectivity index (χ3v) is 0. The summed E-state index contributed by atoms with van der Waals surface area (Å²) in [6.07, 6.45) is 0. The summed E-state index contributed by atoms with van der Waals surface area (Å²) in [5.74, 6) is 0. The van der Waals surface area contributed by atoms with Crippen LogP contribution in [0.1, 0.15) is 0 Å². The third kappa shape index (κ3) is 47.8. The molecule has 8 heavy (non-hydrogen) atoms. The maximum absolute atomic E-state index is 0. The van der Waals surface area contributed by atoms with Crippen LogP contribution in [0.25, 0.3) is 12.3 Å². The van der Waals surface area contributed by atoms with Gasteiger partial charge >= 0.3 is 113 Å². The Morgan fingerprint density at radius 1 is 0.375 bits per heavy atom. The van der Waals surface area contributed by atoms with Crippen LogP contribution in [-0.2, 0) is 0 Å². The Kier molecular flexibility index (Phi) is 675. The van der Waals surface area contributed by atoms with E-state index in [4.69, 9.17) is 0 Å². The summed E-state index contributed by atoms with van der Waals surface area (Å²) in [5.41, 5.74) is 0. The molecule has 28 valence electrons. The first-order valence-corrected chi connectivity index (χ1v) is 0. The molecule has 0 spiro atoms. The summed E-state index contributed by atoms with van der Waals surface area (Å²) in [6.45, 7) is 0. The molecule has 0 N–H and O–H groups in total. The van der Waals surface area contributed by atoms with E-state index in [-0.39, 0.29) is 158 Å². The van der Waals surface area contributed by atoms with E-state index in [2.05, 4.69) is 0 Å². The van der Waals surface area contributed by atoms with Crippen LogP contribution in [0.2, 0.25) is 0 Å². The summed E-state index contributed by atoms with van der Waals surface area (Å²) in [7, 11) is 0. The molecule has 0 saturated carbocycles. The van der Waals surface area contributed by atoms with Crippen molar-refractivity contribution in [1.82, 2.24) is 0 Å². The van der Waals surface area contributed by atoms with Gasteiger partial charge in [-0.1, -0.05) is 0 Å². The predicted molar refractivity (Wildman–Crippen MR) is 41.2 cm³/mol. The second-order valence-electron chi connectivity index (χ2n) is 0. The summed E-state index contributed by atoms with van der Waals surface area (Å²) in [5, 5.41) is 0. The molecular weight excluding hydrogens is 233 g/mol. The standard InChI is InChI=1S/3Ca.2N.3Si/q3*+2;2*-3;;;. The van der Waals surface area contributed by atoms with Gasteiger partial charge in [0, 0.05) is 32.9 Å². The Balaban J connectivity index is 0. The van der Waals surface area contributed by atoms with Crippen LogP contribution < -0.4 is 0 Å². The molecule has 0 aliphatic carbocycles. The number of nitrogens with zero attached hydrogens (tertiary/aromatic N) is 2. The minimum atomic E-state index is 0. The molecule has 8 heteroatoms. The van der Waals surface area contributed by atoms with Crippen molar-refractivity contribution in [3.63, 3.8) is 0 Å². The zero-order chi connectivity index (χ0) is 0. The first-order chi connectivity index (χ1) is 0. The van der Waals surface area contributed by atoms with Crippen molar-refractivity contribution in [1.29, 1.82) is 0 Å². The minimum Gasteiger partial charge on any atom is -3.00 e. The fraction of sp³-hybridized carbons (Fsp3) is 0. The van der Waals surface area contributed by atoms with Crippen LogP contribution in [0, 0.1) is 0 Å². The summed E-state index contributed by atoms with van der Waals surface area (Å²) < 4.78 is 0. The second-order valence-corrected chi connectivity index (χ2v) is 0. The summed E-state index contributed by atoms with van der Waals surface area (Å²) in [6, 6.07) is 0. The Morgan fingerprint density at radius 2 is 0.375 bits per heavy atom. The van der Waals surface area contributed by atoms with Gasteiger partial charge in [0.05, 0.1) is 0 Å². The Hall–Kier alpha value is 4.35. The van der Waals surface area contributed by atoms with Crippen molar-refractivity contribution in [3.05, 3.63) is 12.3 Å². The molecular formula is Ca3N2Si3. The molecule has 0 aromatic rings. The van der Waals surface area contributed by atoms with Crippen molar-refractivity contribution < 1.29 is 0 Å². The van der Waals surface area contributed by atoms with Gasteiger partial charge < -0.3 is 12.3 Å². The van der Waals surface area contributed by atoms with Crippen LogP contribution in [-0.4, -0.2) is 146 Å². The van der Waals surface area contributed by atoms with Gasteiger partial charge in [-0.15, -0.1) is 0 Å². The zero-order valence-electron chi connectivity index (χ0n) is 4.52. The fourth-order valence-corrected chi connectivity index (χ4v) is 0. The van der Waals surface area contributed by atoms with E-state index in [0.29, 0.717) is 0 Å². The van der Waals surface area contributed by atoms with E-state index >= 15 is 0 Å². The molecule has 2 nitrogen and oxygen atoms in total. The zero-order valence-corrected chi connectivity index (χ0v) is 14.1. The SMILES string of the molecule is [Ca+2].[Ca+2].[Ca+2].[N-3].[N-3].[Si].[Si].[Si]. The van der Waals surface area contributed by atoms with Gasteiger partial charge in [-0.05, 0) is 0 Å². The van der Waals surface area contributed by atoms with Crippen molar-refractivity contribution in [3.8, 4) is 0 Å². The van der Waals surface area contributed by atoms with Gasteiger partial charge in [0.2, 0.25) is 0 Å². The van der Waals surface area contributed by atoms with Crippen LogP contribution in [0.15, 0.2) is 0 Å². The number of rotatable bonds is 0. The normalized spacial score (nSPS) is 0. The molecule has 0 atom stereocenters. The molecule has 0 aromatic heterocycles. The second kappa shape index (κ2) is 64.3. The Morgan fingerprint density at radius 3 is 0.375 bits per heavy atom. The van der Waals surface area contributed by atoms with Crippen LogP contribution in [0.3, 0.4) is 0 Å². The largest absolute Gasteiger partial charge is 3.00 e. The van der Waals surface area contributed by atoms with Crippen LogP contribution >= 0.6 is 0 Å². The molecule has 0 heterocycles. The summed E-state index contributed by atoms with van der Waals surface area (Å²) in [4.78, 5) is 0. The van der Waals surface area contributed by atoms with E-state index < -0.39 is 0 Å². The van der Waals surface area contributed by atoms with Crippen molar-refractivity contribution in [2.45, 2.75) is 0 Å². The molecule has 0 amide bonds. The molecule has 0 aliphatic heterocycles. The quantitative estimate of drug-likeness (QED) is 0.447. The van der Waals surface area contributed by atoms with E-state index in [1.165, 1.54) is 0 Å². The third-order valence-electron chi connectivity index (χ3n) is 0. The smallest absolute Gasteiger partial charge is 2.00 e. The number of hydrogen-bond acceptors (Lipinski definition) is 0. The minimum absolute atomic E-state index is 0. The van der Waals surface area contributed by atoms with E-state index in [9.17, 15) is 0 Å². The molecule has 0 fully saturated rings. The first kappa shape index (κ1) is 84.1. The first-order valence-electron chi connectivity index (χ1n) is 0. The maximum Gasteiger partial charge on any atom is 2.00 e. The van der Waals surface area contributed by atoms with Crippen LogP contribution in [0.5, 0.6) is 0 Å². The Labute approximate surface area is 154 Å². The molecule has 0 bridgehead atoms. The van der Waals surface area contributed by atoms with Crippen molar-refractivity contribution in [2.24, 2.45) is 0 Å². The van der Waals surface area contributed by atoms with Gasteiger partial charge in [0.25, 0.3) is 0 Å². The van der Waals surface area contributed by atoms with Gasteiger partial charge in [-0.2, -0.15) is 0 Å². The molecule has 0 aliphatic rings. The monoisotopic (exact) mass is 232 g/mol. The van der Waals surface area contributed by atoms with Gasteiger partial charge in [-0.25, -0.2) is 0 Å². The van der Waals surface area contributed by atoms with Gasteiger partial charge in [0.15, 0.2) is 0 Å². The molecule has 0 aromatic carbocycles.